The maximum atomic E-state index is 13.8. The highest BCUT2D eigenvalue weighted by molar-refractivity contribution is 9.10. The van der Waals surface area contributed by atoms with Crippen molar-refractivity contribution >= 4 is 33.4 Å². The van der Waals surface area contributed by atoms with Crippen LogP contribution in [0.1, 0.15) is 17.9 Å². The monoisotopic (exact) mass is 477 g/mol. The van der Waals surface area contributed by atoms with E-state index in [9.17, 15) is 18.4 Å². The quantitative estimate of drug-likeness (QED) is 0.528. The fourth-order valence-corrected chi connectivity index (χ4v) is 3.16. The van der Waals surface area contributed by atoms with E-state index in [0.29, 0.717) is 5.69 Å². The van der Waals surface area contributed by atoms with Gasteiger partial charge in [-0.05, 0) is 42.8 Å². The van der Waals surface area contributed by atoms with Crippen LogP contribution in [-0.4, -0.2) is 23.3 Å². The molecule has 0 bridgehead atoms. The van der Waals surface area contributed by atoms with Crippen LogP contribution in [0.3, 0.4) is 0 Å². The van der Waals surface area contributed by atoms with Gasteiger partial charge in [-0.25, -0.2) is 13.8 Å². The molecule has 0 unspecified atom stereocenters. The zero-order valence-electron chi connectivity index (χ0n) is 16.0. The standard InChI is InChI=1S/C21H18BrF2N3O3/c1-12-8-13(22)2-5-17(12)27-20(29)11-25-19(28)6-7-21-26-10-18(30-21)15-4-3-14(23)9-16(15)24/h2-5,8-10H,6-7,11H2,1H3,(H,25,28)(H,27,29). The SMILES string of the molecule is Cc1cc(Br)ccc1NC(=O)CNC(=O)CCc1ncc(-c2ccc(F)cc2F)o1. The van der Waals surface area contributed by atoms with Gasteiger partial charge in [0, 0.05) is 29.1 Å². The molecule has 2 amide bonds. The lowest BCUT2D eigenvalue weighted by Gasteiger charge is -2.09. The summed E-state index contributed by atoms with van der Waals surface area (Å²) < 4.78 is 33.1. The number of nitrogens with zero attached hydrogens (tertiary/aromatic N) is 1. The van der Waals surface area contributed by atoms with Crippen LogP contribution in [0.4, 0.5) is 14.5 Å². The average Bonchev–Trinajstić information content (AvgIpc) is 3.15. The third-order valence-corrected chi connectivity index (χ3v) is 4.72. The summed E-state index contributed by atoms with van der Waals surface area (Å²) in [6, 6.07) is 8.58. The van der Waals surface area contributed by atoms with E-state index in [1.165, 1.54) is 12.3 Å². The fourth-order valence-electron chi connectivity index (χ4n) is 2.69. The van der Waals surface area contributed by atoms with Crippen molar-refractivity contribution in [2.24, 2.45) is 0 Å². The maximum absolute atomic E-state index is 13.8. The van der Waals surface area contributed by atoms with Gasteiger partial charge < -0.3 is 15.1 Å². The number of carbonyl (C=O) groups excluding carboxylic acids is 2. The molecule has 0 aliphatic rings. The van der Waals surface area contributed by atoms with Gasteiger partial charge in [-0.2, -0.15) is 0 Å². The van der Waals surface area contributed by atoms with E-state index >= 15 is 0 Å². The molecule has 6 nitrogen and oxygen atoms in total. The summed E-state index contributed by atoms with van der Waals surface area (Å²) in [4.78, 5) is 28.0. The number of amides is 2. The van der Waals surface area contributed by atoms with Crippen LogP contribution in [0.25, 0.3) is 11.3 Å². The van der Waals surface area contributed by atoms with Crippen molar-refractivity contribution < 1.29 is 22.8 Å². The van der Waals surface area contributed by atoms with Gasteiger partial charge in [0.25, 0.3) is 0 Å². The lowest BCUT2D eigenvalue weighted by atomic mass is 10.2. The lowest BCUT2D eigenvalue weighted by Crippen LogP contribution is -2.33. The lowest BCUT2D eigenvalue weighted by molar-refractivity contribution is -0.124. The maximum Gasteiger partial charge on any atom is 0.243 e. The van der Waals surface area contributed by atoms with Gasteiger partial charge in [-0.3, -0.25) is 9.59 Å². The van der Waals surface area contributed by atoms with E-state index in [1.807, 2.05) is 19.1 Å². The zero-order valence-corrected chi connectivity index (χ0v) is 17.6. The highest BCUT2D eigenvalue weighted by atomic mass is 79.9. The van der Waals surface area contributed by atoms with Crippen molar-refractivity contribution in [1.29, 1.82) is 0 Å². The van der Waals surface area contributed by atoms with Crippen LogP contribution in [0, 0.1) is 18.6 Å². The molecule has 0 atom stereocenters. The third kappa shape index (κ3) is 5.73. The largest absolute Gasteiger partial charge is 0.441 e. The summed E-state index contributed by atoms with van der Waals surface area (Å²) in [5.74, 6) is -1.77. The minimum atomic E-state index is -0.762. The van der Waals surface area contributed by atoms with Gasteiger partial charge in [-0.1, -0.05) is 15.9 Å². The molecule has 0 saturated carbocycles. The number of carbonyl (C=O) groups is 2. The number of benzene rings is 2. The van der Waals surface area contributed by atoms with E-state index in [0.717, 1.165) is 22.2 Å². The number of oxazole rings is 1. The summed E-state index contributed by atoms with van der Waals surface area (Å²) in [7, 11) is 0. The normalized spacial score (nSPS) is 10.7. The number of anilines is 1. The summed E-state index contributed by atoms with van der Waals surface area (Å²) in [5, 5.41) is 5.26. The molecule has 0 spiro atoms. The molecular weight excluding hydrogens is 460 g/mol. The minimum absolute atomic E-state index is 0.0381. The third-order valence-electron chi connectivity index (χ3n) is 4.22. The smallest absolute Gasteiger partial charge is 0.243 e. The molecule has 3 aromatic rings. The van der Waals surface area contributed by atoms with Crippen LogP contribution in [0.2, 0.25) is 0 Å². The second kappa shape index (κ2) is 9.62. The van der Waals surface area contributed by atoms with Gasteiger partial charge in [0.05, 0.1) is 18.3 Å². The summed E-state index contributed by atoms with van der Waals surface area (Å²) >= 11 is 3.35. The molecule has 0 saturated heterocycles. The number of aryl methyl sites for hydroxylation is 2. The van der Waals surface area contributed by atoms with Gasteiger partial charge in [0.2, 0.25) is 11.8 Å². The molecule has 30 heavy (non-hydrogen) atoms. The first kappa shape index (κ1) is 21.6. The number of nitrogens with one attached hydrogen (secondary N) is 2. The van der Waals surface area contributed by atoms with Gasteiger partial charge >= 0.3 is 0 Å². The Morgan fingerprint density at radius 1 is 1.13 bits per heavy atom. The van der Waals surface area contributed by atoms with Crippen molar-refractivity contribution in [3.05, 3.63) is 70.2 Å². The van der Waals surface area contributed by atoms with Crippen LogP contribution < -0.4 is 10.6 Å². The molecule has 0 aliphatic carbocycles. The Bertz CT molecular complexity index is 1090. The van der Waals surface area contributed by atoms with Crippen molar-refractivity contribution in [2.75, 3.05) is 11.9 Å². The number of rotatable bonds is 7. The van der Waals surface area contributed by atoms with Gasteiger partial charge in [-0.15, -0.1) is 0 Å². The minimum Gasteiger partial charge on any atom is -0.441 e. The summed E-state index contributed by atoms with van der Waals surface area (Å²) in [6.45, 7) is 1.69. The molecule has 2 N–H and O–H groups in total. The summed E-state index contributed by atoms with van der Waals surface area (Å²) in [6.07, 6.45) is 1.52. The average molecular weight is 478 g/mol. The predicted octanol–water partition coefficient (Wildman–Crippen LogP) is 4.38. The van der Waals surface area contributed by atoms with E-state index < -0.39 is 11.6 Å². The van der Waals surface area contributed by atoms with Crippen LogP contribution in [0.5, 0.6) is 0 Å². The number of hydrogen-bond donors (Lipinski definition) is 2. The van der Waals surface area contributed by atoms with Gasteiger partial charge in [0.15, 0.2) is 11.7 Å². The molecular formula is C21H18BrF2N3O3. The molecule has 0 fully saturated rings. The van der Waals surface area contributed by atoms with Gasteiger partial charge in [0.1, 0.15) is 11.6 Å². The molecule has 3 rings (SSSR count). The molecule has 1 aromatic heterocycles. The predicted molar refractivity (Wildman–Crippen MR) is 111 cm³/mol. The van der Waals surface area contributed by atoms with Crippen LogP contribution in [0.15, 0.2) is 51.5 Å². The molecule has 0 radical (unpaired) electrons. The Kier molecular flexibility index (Phi) is 6.94. The van der Waals surface area contributed by atoms with E-state index in [1.54, 1.807) is 6.07 Å². The number of halogens is 3. The Morgan fingerprint density at radius 2 is 1.93 bits per heavy atom. The Morgan fingerprint density at radius 3 is 2.67 bits per heavy atom. The second-order valence-electron chi connectivity index (χ2n) is 6.53. The van der Waals surface area contributed by atoms with Crippen LogP contribution >= 0.6 is 15.9 Å². The molecule has 1 heterocycles. The Balaban J connectivity index is 1.47. The van der Waals surface area contributed by atoms with Crippen molar-refractivity contribution in [3.8, 4) is 11.3 Å². The molecule has 0 aliphatic heterocycles. The number of aromatic nitrogens is 1. The van der Waals surface area contributed by atoms with E-state index in [-0.39, 0.29) is 48.4 Å². The molecule has 2 aromatic carbocycles. The number of hydrogen-bond acceptors (Lipinski definition) is 4. The highest BCUT2D eigenvalue weighted by Crippen LogP contribution is 2.24. The Hall–Kier alpha value is -3.07. The highest BCUT2D eigenvalue weighted by Gasteiger charge is 2.13. The zero-order chi connectivity index (χ0) is 21.7. The topological polar surface area (TPSA) is 84.2 Å². The van der Waals surface area contributed by atoms with Crippen LogP contribution in [-0.2, 0) is 16.0 Å². The fraction of sp³-hybridized carbons (Fsp3) is 0.190. The van der Waals surface area contributed by atoms with Crippen molar-refractivity contribution in [1.82, 2.24) is 10.3 Å². The molecule has 9 heteroatoms. The van der Waals surface area contributed by atoms with Crippen molar-refractivity contribution in [2.45, 2.75) is 19.8 Å². The molecule has 156 valence electrons. The first-order valence-electron chi connectivity index (χ1n) is 9.04. The second-order valence-corrected chi connectivity index (χ2v) is 7.44. The first-order chi connectivity index (χ1) is 14.3. The van der Waals surface area contributed by atoms with E-state index in [2.05, 4.69) is 31.5 Å². The Labute approximate surface area is 179 Å². The summed E-state index contributed by atoms with van der Waals surface area (Å²) in [5.41, 5.74) is 1.64. The van der Waals surface area contributed by atoms with E-state index in [4.69, 9.17) is 4.42 Å². The van der Waals surface area contributed by atoms with Crippen molar-refractivity contribution in [3.63, 3.8) is 0 Å². The first-order valence-corrected chi connectivity index (χ1v) is 9.84.